The van der Waals surface area contributed by atoms with Crippen molar-refractivity contribution < 1.29 is 14.7 Å². The number of rotatable bonds is 5. The molecule has 0 aliphatic heterocycles. The molecule has 1 atom stereocenters. The molecule has 0 aliphatic rings. The largest absolute Gasteiger partial charge is 0.481 e. The molecule has 0 saturated heterocycles. The van der Waals surface area contributed by atoms with Crippen LogP contribution in [0.15, 0.2) is 5.11 Å². The number of carbonyl (C=O) groups excluding carboxylic acids is 1. The molecule has 0 aromatic rings. The lowest BCUT2D eigenvalue weighted by Gasteiger charge is -2.02. The average Bonchev–Trinajstić information content (AvgIpc) is 1.96. The fourth-order valence-corrected chi connectivity index (χ4v) is 0.579. The molecule has 0 radical (unpaired) electrons. The van der Waals surface area contributed by atoms with Gasteiger partial charge in [0.05, 0.1) is 0 Å². The van der Waals surface area contributed by atoms with E-state index in [-0.39, 0.29) is 12.8 Å². The van der Waals surface area contributed by atoms with Gasteiger partial charge in [0.25, 0.3) is 0 Å². The Labute approximate surface area is 67.8 Å². The lowest BCUT2D eigenvalue weighted by atomic mass is 10.1. The molecule has 1 amide bonds. The van der Waals surface area contributed by atoms with Crippen LogP contribution in [0.4, 0.5) is 0 Å². The monoisotopic (exact) mass is 172 g/mol. The van der Waals surface area contributed by atoms with Crippen molar-refractivity contribution in [3.05, 3.63) is 10.4 Å². The van der Waals surface area contributed by atoms with Crippen LogP contribution in [0.5, 0.6) is 0 Å². The molecule has 7 heteroatoms. The Balaban J connectivity index is 4.05. The maximum atomic E-state index is 10.5. The third-order valence-corrected chi connectivity index (χ3v) is 1.15. The SMILES string of the molecule is [N-]=[N+]=N[C@@H](CCC(=O)O)C(N)=O. The van der Waals surface area contributed by atoms with Gasteiger partial charge in [-0.05, 0) is 12.0 Å². The first-order valence-corrected chi connectivity index (χ1v) is 3.13. The number of hydrogen-bond acceptors (Lipinski definition) is 3. The molecule has 0 aromatic heterocycles. The summed E-state index contributed by atoms with van der Waals surface area (Å²) in [7, 11) is 0. The van der Waals surface area contributed by atoms with E-state index in [2.05, 4.69) is 10.0 Å². The van der Waals surface area contributed by atoms with Gasteiger partial charge in [0.15, 0.2) is 0 Å². The van der Waals surface area contributed by atoms with Crippen molar-refractivity contribution in [3.8, 4) is 0 Å². The van der Waals surface area contributed by atoms with E-state index in [9.17, 15) is 9.59 Å². The van der Waals surface area contributed by atoms with Crippen LogP contribution in [0.25, 0.3) is 10.4 Å². The fraction of sp³-hybridized carbons (Fsp3) is 0.600. The minimum atomic E-state index is -1.06. The number of hydrogen-bond donors (Lipinski definition) is 2. The Bertz CT molecular complexity index is 231. The Morgan fingerprint density at radius 3 is 2.58 bits per heavy atom. The number of carboxylic acids is 1. The second kappa shape index (κ2) is 4.97. The summed E-state index contributed by atoms with van der Waals surface area (Å²) in [5, 5.41) is 11.3. The highest BCUT2D eigenvalue weighted by atomic mass is 16.4. The number of azide groups is 1. The lowest BCUT2D eigenvalue weighted by Crippen LogP contribution is -2.26. The summed E-state index contributed by atoms with van der Waals surface area (Å²) in [5.74, 6) is -1.87. The van der Waals surface area contributed by atoms with Crippen molar-refractivity contribution in [2.45, 2.75) is 18.9 Å². The van der Waals surface area contributed by atoms with E-state index in [1.807, 2.05) is 0 Å². The third kappa shape index (κ3) is 4.13. The number of carbonyl (C=O) groups is 2. The number of nitrogens with two attached hydrogens (primary N) is 1. The Kier molecular flexibility index (Phi) is 4.25. The molecule has 0 bridgehead atoms. The molecule has 0 unspecified atom stereocenters. The summed E-state index contributed by atoms with van der Waals surface area (Å²) in [6.07, 6.45) is -0.304. The summed E-state index contributed by atoms with van der Waals surface area (Å²) in [6, 6.07) is -1.06. The number of carboxylic acid groups (broad SMARTS) is 1. The smallest absolute Gasteiger partial charge is 0.303 e. The van der Waals surface area contributed by atoms with Gasteiger partial charge in [-0.1, -0.05) is 5.11 Å². The molecule has 0 aliphatic carbocycles. The van der Waals surface area contributed by atoms with Gasteiger partial charge in [0, 0.05) is 11.3 Å². The number of primary amides is 1. The van der Waals surface area contributed by atoms with E-state index >= 15 is 0 Å². The Hall–Kier alpha value is -1.75. The van der Waals surface area contributed by atoms with E-state index in [0.717, 1.165) is 0 Å². The highest BCUT2D eigenvalue weighted by Gasteiger charge is 2.14. The van der Waals surface area contributed by atoms with Crippen LogP contribution in [0.3, 0.4) is 0 Å². The second-order valence-electron chi connectivity index (χ2n) is 2.06. The maximum Gasteiger partial charge on any atom is 0.303 e. The summed E-state index contributed by atoms with van der Waals surface area (Å²) in [4.78, 5) is 22.9. The molecule has 0 aromatic carbocycles. The molecule has 0 saturated carbocycles. The molecular weight excluding hydrogens is 164 g/mol. The lowest BCUT2D eigenvalue weighted by molar-refractivity contribution is -0.137. The minimum absolute atomic E-state index is 0.0608. The predicted molar refractivity (Wildman–Crippen MR) is 39.0 cm³/mol. The first-order valence-electron chi connectivity index (χ1n) is 3.13. The van der Waals surface area contributed by atoms with Crippen molar-refractivity contribution in [2.75, 3.05) is 0 Å². The van der Waals surface area contributed by atoms with Gasteiger partial charge in [-0.25, -0.2) is 0 Å². The summed E-state index contributed by atoms with van der Waals surface area (Å²) in [6.45, 7) is 0. The van der Waals surface area contributed by atoms with Gasteiger partial charge in [0.1, 0.15) is 6.04 Å². The molecule has 0 fully saturated rings. The first-order chi connectivity index (χ1) is 5.57. The summed E-state index contributed by atoms with van der Waals surface area (Å²) >= 11 is 0. The van der Waals surface area contributed by atoms with Gasteiger partial charge in [0.2, 0.25) is 5.91 Å². The number of amides is 1. The molecule has 0 heterocycles. The molecule has 66 valence electrons. The zero-order valence-corrected chi connectivity index (χ0v) is 6.17. The zero-order chi connectivity index (χ0) is 9.56. The highest BCUT2D eigenvalue weighted by molar-refractivity contribution is 5.80. The van der Waals surface area contributed by atoms with Crippen LogP contribution in [0.1, 0.15) is 12.8 Å². The van der Waals surface area contributed by atoms with Crippen molar-refractivity contribution in [1.82, 2.24) is 0 Å². The van der Waals surface area contributed by atoms with E-state index in [4.69, 9.17) is 16.4 Å². The van der Waals surface area contributed by atoms with Crippen molar-refractivity contribution in [1.29, 1.82) is 0 Å². The quantitative estimate of drug-likeness (QED) is 0.344. The van der Waals surface area contributed by atoms with E-state index < -0.39 is 17.9 Å². The zero-order valence-electron chi connectivity index (χ0n) is 6.17. The van der Waals surface area contributed by atoms with Crippen LogP contribution in [0, 0.1) is 0 Å². The van der Waals surface area contributed by atoms with Crippen molar-refractivity contribution >= 4 is 11.9 Å². The maximum absolute atomic E-state index is 10.5. The predicted octanol–water partition coefficient (Wildman–Crippen LogP) is 0.0154. The van der Waals surface area contributed by atoms with E-state index in [1.165, 1.54) is 0 Å². The normalized spacial score (nSPS) is 11.3. The van der Waals surface area contributed by atoms with Crippen LogP contribution in [0.2, 0.25) is 0 Å². The average molecular weight is 172 g/mol. The van der Waals surface area contributed by atoms with Gasteiger partial charge >= 0.3 is 5.97 Å². The highest BCUT2D eigenvalue weighted by Crippen LogP contribution is 2.01. The first kappa shape index (κ1) is 10.2. The molecule has 0 rings (SSSR count). The Morgan fingerprint density at radius 2 is 2.25 bits per heavy atom. The van der Waals surface area contributed by atoms with Crippen LogP contribution in [-0.4, -0.2) is 23.0 Å². The van der Waals surface area contributed by atoms with E-state index in [0.29, 0.717) is 0 Å². The van der Waals surface area contributed by atoms with Gasteiger partial charge < -0.3 is 10.8 Å². The molecule has 0 spiro atoms. The molecular formula is C5H8N4O3. The molecule has 12 heavy (non-hydrogen) atoms. The Morgan fingerprint density at radius 1 is 1.67 bits per heavy atom. The van der Waals surface area contributed by atoms with Gasteiger partial charge in [-0.15, -0.1) is 0 Å². The van der Waals surface area contributed by atoms with Crippen molar-refractivity contribution in [2.24, 2.45) is 10.8 Å². The third-order valence-electron chi connectivity index (χ3n) is 1.15. The van der Waals surface area contributed by atoms with Crippen LogP contribution in [-0.2, 0) is 9.59 Å². The van der Waals surface area contributed by atoms with Crippen LogP contribution < -0.4 is 5.73 Å². The van der Waals surface area contributed by atoms with Gasteiger partial charge in [-0.2, -0.15) is 0 Å². The topological polar surface area (TPSA) is 129 Å². The van der Waals surface area contributed by atoms with Crippen molar-refractivity contribution in [3.63, 3.8) is 0 Å². The van der Waals surface area contributed by atoms with Gasteiger partial charge in [-0.3, -0.25) is 9.59 Å². The molecule has 3 N–H and O–H groups in total. The van der Waals surface area contributed by atoms with E-state index in [1.54, 1.807) is 0 Å². The van der Waals surface area contributed by atoms with Crippen LogP contribution >= 0.6 is 0 Å². The summed E-state index contributed by atoms with van der Waals surface area (Å²) < 4.78 is 0. The number of nitrogens with zero attached hydrogens (tertiary/aromatic N) is 3. The number of aliphatic carboxylic acids is 1. The summed E-state index contributed by atoms with van der Waals surface area (Å²) in [5.41, 5.74) is 12.8. The molecule has 7 nitrogen and oxygen atoms in total. The minimum Gasteiger partial charge on any atom is -0.481 e. The fourth-order valence-electron chi connectivity index (χ4n) is 0.579. The second-order valence-corrected chi connectivity index (χ2v) is 2.06. The standard InChI is InChI=1S/C5H8N4O3/c6-5(12)3(8-9-7)1-2-4(10)11/h3H,1-2H2,(H2,6,12)(H,10,11)/t3-/m0/s1.